The second-order valence-electron chi connectivity index (χ2n) is 7.14. The van der Waals surface area contributed by atoms with E-state index in [1.807, 2.05) is 0 Å². The number of hydrogen-bond acceptors (Lipinski definition) is 4. The average Bonchev–Trinajstić information content (AvgIpc) is 3.44. The molecular weight excluding hydrogens is 404 g/mol. The molecule has 0 aliphatic carbocycles. The van der Waals surface area contributed by atoms with E-state index >= 15 is 0 Å². The third-order valence-corrected chi connectivity index (χ3v) is 5.07. The number of hydrazone groups is 1. The van der Waals surface area contributed by atoms with Crippen LogP contribution in [0.25, 0.3) is 0 Å². The summed E-state index contributed by atoms with van der Waals surface area (Å²) in [6, 6.07) is 14.5. The highest BCUT2D eigenvalue weighted by Crippen LogP contribution is 2.34. The molecule has 2 amide bonds. The van der Waals surface area contributed by atoms with E-state index in [0.717, 1.165) is 5.01 Å². The molecule has 2 aromatic carbocycles. The molecule has 1 aliphatic rings. The third kappa shape index (κ3) is 4.09. The van der Waals surface area contributed by atoms with Crippen LogP contribution >= 0.6 is 0 Å². The van der Waals surface area contributed by atoms with Crippen LogP contribution in [0.5, 0.6) is 0 Å². The van der Waals surface area contributed by atoms with E-state index in [1.165, 1.54) is 36.4 Å². The smallest absolute Gasteiger partial charge is 0.289 e. The Kier molecular flexibility index (Phi) is 5.62. The first-order chi connectivity index (χ1) is 15.0. The highest BCUT2D eigenvalue weighted by atomic mass is 19.1. The van der Waals surface area contributed by atoms with Crippen LogP contribution in [0, 0.1) is 11.6 Å². The van der Waals surface area contributed by atoms with Gasteiger partial charge in [0.15, 0.2) is 5.76 Å². The quantitative estimate of drug-likeness (QED) is 0.623. The molecule has 0 unspecified atom stereocenters. The monoisotopic (exact) mass is 423 g/mol. The Morgan fingerprint density at radius 2 is 1.77 bits per heavy atom. The van der Waals surface area contributed by atoms with Crippen molar-refractivity contribution in [2.75, 3.05) is 13.6 Å². The van der Waals surface area contributed by atoms with Gasteiger partial charge in [0.25, 0.3) is 11.8 Å². The lowest BCUT2D eigenvalue weighted by Gasteiger charge is -2.24. The van der Waals surface area contributed by atoms with Crippen molar-refractivity contribution in [2.45, 2.75) is 12.5 Å². The summed E-state index contributed by atoms with van der Waals surface area (Å²) in [6.45, 7) is -0.307. The predicted molar refractivity (Wildman–Crippen MR) is 109 cm³/mol. The Morgan fingerprint density at radius 1 is 1.06 bits per heavy atom. The van der Waals surface area contributed by atoms with Crippen LogP contribution in [0.4, 0.5) is 8.78 Å². The lowest BCUT2D eigenvalue weighted by molar-refractivity contribution is -0.133. The molecule has 8 heteroatoms. The SMILES string of the molecule is CN(CC(=O)N1N=C(c2ccccc2F)C[C@H]1c1ccccc1F)C(=O)c1ccco1. The van der Waals surface area contributed by atoms with Gasteiger partial charge in [-0.3, -0.25) is 9.59 Å². The molecular formula is C23H19F2N3O3. The van der Waals surface area contributed by atoms with Gasteiger partial charge in [-0.15, -0.1) is 0 Å². The highest BCUT2D eigenvalue weighted by molar-refractivity contribution is 6.03. The molecule has 6 nitrogen and oxygen atoms in total. The fourth-order valence-corrected chi connectivity index (χ4v) is 3.52. The Morgan fingerprint density at radius 3 is 2.45 bits per heavy atom. The van der Waals surface area contributed by atoms with Gasteiger partial charge >= 0.3 is 0 Å². The van der Waals surface area contributed by atoms with E-state index < -0.39 is 29.5 Å². The lowest BCUT2D eigenvalue weighted by atomic mass is 9.97. The van der Waals surface area contributed by atoms with Crippen molar-refractivity contribution in [1.29, 1.82) is 0 Å². The van der Waals surface area contributed by atoms with Gasteiger partial charge in [0.2, 0.25) is 0 Å². The number of carbonyl (C=O) groups excluding carboxylic acids is 2. The first-order valence-electron chi connectivity index (χ1n) is 9.63. The van der Waals surface area contributed by atoms with Crippen LogP contribution in [0.3, 0.4) is 0 Å². The van der Waals surface area contributed by atoms with Gasteiger partial charge in [0.05, 0.1) is 18.0 Å². The number of benzene rings is 2. The van der Waals surface area contributed by atoms with Gasteiger partial charge in [-0.05, 0) is 24.3 Å². The zero-order valence-electron chi connectivity index (χ0n) is 16.7. The maximum absolute atomic E-state index is 14.5. The molecule has 31 heavy (non-hydrogen) atoms. The molecule has 4 rings (SSSR count). The van der Waals surface area contributed by atoms with E-state index in [-0.39, 0.29) is 29.9 Å². The fourth-order valence-electron chi connectivity index (χ4n) is 3.52. The number of carbonyl (C=O) groups is 2. The Bertz CT molecular complexity index is 1140. The zero-order chi connectivity index (χ0) is 22.0. The lowest BCUT2D eigenvalue weighted by Crippen LogP contribution is -2.39. The predicted octanol–water partition coefficient (Wildman–Crippen LogP) is 4.01. The molecule has 0 saturated heterocycles. The van der Waals surface area contributed by atoms with Crippen molar-refractivity contribution in [3.63, 3.8) is 0 Å². The molecule has 158 valence electrons. The van der Waals surface area contributed by atoms with Crippen LogP contribution in [0.15, 0.2) is 76.4 Å². The summed E-state index contributed by atoms with van der Waals surface area (Å²) in [5.74, 6) is -1.87. The maximum atomic E-state index is 14.5. The normalized spacial score (nSPS) is 15.6. The summed E-state index contributed by atoms with van der Waals surface area (Å²) in [7, 11) is 1.46. The molecule has 0 bridgehead atoms. The van der Waals surface area contributed by atoms with Gasteiger partial charge in [0.1, 0.15) is 18.2 Å². The topological polar surface area (TPSA) is 66.1 Å². The van der Waals surface area contributed by atoms with E-state index in [2.05, 4.69) is 5.10 Å². The second-order valence-corrected chi connectivity index (χ2v) is 7.14. The van der Waals surface area contributed by atoms with Crippen LogP contribution in [-0.4, -0.2) is 41.0 Å². The summed E-state index contributed by atoms with van der Waals surface area (Å²) in [5.41, 5.74) is 0.852. The first-order valence-corrected chi connectivity index (χ1v) is 9.63. The molecule has 1 atom stereocenters. The van der Waals surface area contributed by atoms with Crippen LogP contribution < -0.4 is 0 Å². The minimum atomic E-state index is -0.754. The van der Waals surface area contributed by atoms with E-state index in [4.69, 9.17) is 4.42 Å². The first kappa shape index (κ1) is 20.5. The Labute approximate surface area is 177 Å². The summed E-state index contributed by atoms with van der Waals surface area (Å²) in [4.78, 5) is 26.7. The van der Waals surface area contributed by atoms with Crippen LogP contribution in [-0.2, 0) is 4.79 Å². The number of amides is 2. The van der Waals surface area contributed by atoms with Gasteiger partial charge in [-0.1, -0.05) is 36.4 Å². The maximum Gasteiger partial charge on any atom is 0.289 e. The second kappa shape index (κ2) is 8.51. The largest absolute Gasteiger partial charge is 0.459 e. The summed E-state index contributed by atoms with van der Waals surface area (Å²) in [5, 5.41) is 5.46. The number of rotatable bonds is 5. The van der Waals surface area contributed by atoms with Gasteiger partial charge in [0, 0.05) is 24.6 Å². The summed E-state index contributed by atoms with van der Waals surface area (Å²) < 4.78 is 33.9. The molecule has 0 saturated carbocycles. The van der Waals surface area contributed by atoms with Gasteiger partial charge in [-0.2, -0.15) is 5.10 Å². The van der Waals surface area contributed by atoms with Crippen molar-refractivity contribution in [3.8, 4) is 0 Å². The standard InChI is InChI=1S/C23H19F2N3O3/c1-27(23(30)21-11-6-12-31-21)14-22(29)28-20(16-8-3-5-10-18(16)25)13-19(26-28)15-7-2-4-9-17(15)24/h2-12,20H,13-14H2,1H3/t20-/m0/s1. The molecule has 3 aromatic rings. The van der Waals surface area contributed by atoms with Crippen molar-refractivity contribution in [3.05, 3.63) is 95.4 Å². The Hall–Kier alpha value is -3.81. The number of likely N-dealkylation sites (N-methyl/N-ethyl adjacent to an activating group) is 1. The van der Waals surface area contributed by atoms with Crippen molar-refractivity contribution in [2.24, 2.45) is 5.10 Å². The van der Waals surface area contributed by atoms with Crippen molar-refractivity contribution >= 4 is 17.5 Å². The van der Waals surface area contributed by atoms with Gasteiger partial charge in [-0.25, -0.2) is 13.8 Å². The number of nitrogens with zero attached hydrogens (tertiary/aromatic N) is 3. The van der Waals surface area contributed by atoms with Gasteiger partial charge < -0.3 is 9.32 Å². The molecule has 0 fully saturated rings. The molecule has 1 aliphatic heterocycles. The molecule has 0 spiro atoms. The van der Waals surface area contributed by atoms with E-state index in [9.17, 15) is 18.4 Å². The minimum Gasteiger partial charge on any atom is -0.459 e. The van der Waals surface area contributed by atoms with E-state index in [0.29, 0.717) is 5.71 Å². The summed E-state index contributed by atoms with van der Waals surface area (Å²) >= 11 is 0. The molecule has 0 radical (unpaired) electrons. The summed E-state index contributed by atoms with van der Waals surface area (Å²) in [6.07, 6.45) is 1.51. The third-order valence-electron chi connectivity index (χ3n) is 5.07. The van der Waals surface area contributed by atoms with Crippen LogP contribution in [0.2, 0.25) is 0 Å². The zero-order valence-corrected chi connectivity index (χ0v) is 16.7. The van der Waals surface area contributed by atoms with Crippen molar-refractivity contribution < 1.29 is 22.8 Å². The van der Waals surface area contributed by atoms with E-state index in [1.54, 1.807) is 42.5 Å². The number of furan rings is 1. The highest BCUT2D eigenvalue weighted by Gasteiger charge is 2.36. The van der Waals surface area contributed by atoms with Crippen LogP contribution in [0.1, 0.15) is 34.1 Å². The number of halogens is 2. The minimum absolute atomic E-state index is 0.0953. The Balaban J connectivity index is 1.63. The molecule has 0 N–H and O–H groups in total. The fraction of sp³-hybridized carbons (Fsp3) is 0.174. The van der Waals surface area contributed by atoms with Crippen molar-refractivity contribution in [1.82, 2.24) is 9.91 Å². The average molecular weight is 423 g/mol. The molecule has 1 aromatic heterocycles. The number of hydrogen-bond donors (Lipinski definition) is 0. The molecule has 2 heterocycles.